The Labute approximate surface area is 169 Å². The van der Waals surface area contributed by atoms with Gasteiger partial charge in [-0.3, -0.25) is 0 Å². The molecule has 0 bridgehead atoms. The molecule has 19 heteroatoms. The van der Waals surface area contributed by atoms with Gasteiger partial charge in [0.15, 0.2) is 0 Å². The third-order valence-corrected chi connectivity index (χ3v) is 1.49. The summed E-state index contributed by atoms with van der Waals surface area (Å²) in [5.74, 6) is 0. The SMILES string of the molecule is C1COCCO1.C1COCCO1.O.O.O.O.[Mn+2].[O-][Cl+3]([O-])([O-])[O-].[O-][Cl+3]([O-])([O-])[O-]. The summed E-state index contributed by atoms with van der Waals surface area (Å²) in [6.45, 7) is 6.22. The maximum absolute atomic E-state index is 8.49. The minimum atomic E-state index is -4.94. The third-order valence-electron chi connectivity index (χ3n) is 1.49. The van der Waals surface area contributed by atoms with E-state index in [9.17, 15) is 0 Å². The van der Waals surface area contributed by atoms with Crippen molar-refractivity contribution in [3.05, 3.63) is 0 Å². The van der Waals surface area contributed by atoms with E-state index in [1.807, 2.05) is 0 Å². The van der Waals surface area contributed by atoms with E-state index in [1.165, 1.54) is 0 Å². The van der Waals surface area contributed by atoms with Gasteiger partial charge in [0, 0.05) is 0 Å². The molecule has 2 heterocycles. The van der Waals surface area contributed by atoms with Crippen LogP contribution in [0, 0.1) is 20.5 Å². The van der Waals surface area contributed by atoms with Crippen molar-refractivity contribution in [2.75, 3.05) is 52.9 Å². The molecule has 8 N–H and O–H groups in total. The van der Waals surface area contributed by atoms with Gasteiger partial charge in [0.1, 0.15) is 0 Å². The Morgan fingerprint density at radius 3 is 0.481 bits per heavy atom. The summed E-state index contributed by atoms with van der Waals surface area (Å²) >= 11 is 0. The minimum absolute atomic E-state index is 0. The first kappa shape index (κ1) is 45.9. The molecule has 0 aliphatic carbocycles. The van der Waals surface area contributed by atoms with Crippen molar-refractivity contribution in [3.8, 4) is 0 Å². The van der Waals surface area contributed by atoms with E-state index in [1.54, 1.807) is 0 Å². The van der Waals surface area contributed by atoms with Crippen molar-refractivity contribution in [1.29, 1.82) is 0 Å². The van der Waals surface area contributed by atoms with Crippen LogP contribution in [0.1, 0.15) is 0 Å². The van der Waals surface area contributed by atoms with Gasteiger partial charge < -0.3 is 40.9 Å². The monoisotopic (exact) mass is 501 g/mol. The first-order valence-corrected chi connectivity index (χ1v) is 8.01. The molecule has 2 fully saturated rings. The first-order valence-electron chi connectivity index (χ1n) is 5.54. The predicted octanol–water partition coefficient (Wildman–Crippen LogP) is -12.7. The van der Waals surface area contributed by atoms with Gasteiger partial charge in [0.25, 0.3) is 0 Å². The average molecular weight is 502 g/mol. The molecule has 0 unspecified atom stereocenters. The maximum Gasteiger partial charge on any atom is 2.00 e. The van der Waals surface area contributed by atoms with Gasteiger partial charge in [-0.2, -0.15) is 0 Å². The van der Waals surface area contributed by atoms with Crippen LogP contribution in [-0.2, 0) is 36.0 Å². The number of ether oxygens (including phenoxy) is 4. The molecule has 0 amide bonds. The maximum atomic E-state index is 8.49. The zero-order valence-corrected chi connectivity index (χ0v) is 16.4. The molecule has 0 aromatic heterocycles. The minimum Gasteiger partial charge on any atom is -0.412 e. The Morgan fingerprint density at radius 1 is 0.370 bits per heavy atom. The van der Waals surface area contributed by atoms with Crippen LogP contribution >= 0.6 is 0 Å². The molecule has 0 saturated carbocycles. The van der Waals surface area contributed by atoms with Crippen molar-refractivity contribution in [2.45, 2.75) is 0 Å². The quantitative estimate of drug-likeness (QED) is 0.279. The number of hydrogen-bond donors (Lipinski definition) is 0. The van der Waals surface area contributed by atoms with Crippen LogP contribution < -0.4 is 37.3 Å². The zero-order valence-electron chi connectivity index (χ0n) is 13.7. The topological polar surface area (TPSA) is 347 Å². The summed E-state index contributed by atoms with van der Waals surface area (Å²) in [5, 5.41) is 0. The summed E-state index contributed by atoms with van der Waals surface area (Å²) in [6.07, 6.45) is 0. The van der Waals surface area contributed by atoms with Gasteiger partial charge in [-0.15, -0.1) is 20.5 Å². The van der Waals surface area contributed by atoms with E-state index in [-0.39, 0.29) is 39.0 Å². The summed E-state index contributed by atoms with van der Waals surface area (Å²) in [4.78, 5) is 0. The number of rotatable bonds is 0. The van der Waals surface area contributed by atoms with Crippen molar-refractivity contribution in [3.63, 3.8) is 0 Å². The van der Waals surface area contributed by atoms with Crippen LogP contribution in [0.15, 0.2) is 0 Å². The number of hydrogen-bond acceptors (Lipinski definition) is 12. The molecule has 173 valence electrons. The fraction of sp³-hybridized carbons (Fsp3) is 1.00. The third kappa shape index (κ3) is 102. The molecule has 1 radical (unpaired) electrons. The smallest absolute Gasteiger partial charge is 0.412 e. The first-order chi connectivity index (χ1) is 10.0. The molecule has 0 spiro atoms. The fourth-order valence-electron chi connectivity index (χ4n) is 0.880. The molecule has 0 aromatic rings. The van der Waals surface area contributed by atoms with E-state index in [0.717, 1.165) is 52.9 Å². The van der Waals surface area contributed by atoms with E-state index >= 15 is 0 Å². The second-order valence-corrected chi connectivity index (χ2v) is 4.72. The summed E-state index contributed by atoms with van der Waals surface area (Å²) < 4.78 is 87.7. The van der Waals surface area contributed by atoms with E-state index in [0.29, 0.717) is 0 Å². The molecule has 16 nitrogen and oxygen atoms in total. The van der Waals surface area contributed by atoms with Crippen molar-refractivity contribution in [1.82, 2.24) is 0 Å². The summed E-state index contributed by atoms with van der Waals surface area (Å²) in [5.41, 5.74) is 0. The molecule has 0 aromatic carbocycles. The molecule has 0 atom stereocenters. The predicted molar refractivity (Wildman–Crippen MR) is 57.7 cm³/mol. The van der Waals surface area contributed by atoms with E-state index < -0.39 is 20.5 Å². The van der Waals surface area contributed by atoms with Crippen molar-refractivity contribution >= 4 is 0 Å². The van der Waals surface area contributed by atoms with Crippen LogP contribution in [0.2, 0.25) is 0 Å². The Morgan fingerprint density at radius 2 is 0.444 bits per heavy atom. The Balaban J connectivity index is -0.0000000374. The van der Waals surface area contributed by atoms with Crippen molar-refractivity contribution < 1.29 is 116 Å². The van der Waals surface area contributed by atoms with Crippen LogP contribution in [0.5, 0.6) is 0 Å². The van der Waals surface area contributed by atoms with Gasteiger partial charge in [0.05, 0.1) is 52.9 Å². The number of halogens is 2. The second-order valence-electron chi connectivity index (χ2n) is 3.21. The van der Waals surface area contributed by atoms with Crippen molar-refractivity contribution in [2.24, 2.45) is 0 Å². The van der Waals surface area contributed by atoms with Crippen LogP contribution in [0.25, 0.3) is 0 Å². The zero-order chi connectivity index (χ0) is 17.5. The molecule has 27 heavy (non-hydrogen) atoms. The normalized spacial score (nSPS) is 15.1. The summed E-state index contributed by atoms with van der Waals surface area (Å²) in [6, 6.07) is 0. The van der Waals surface area contributed by atoms with Gasteiger partial charge in [0.2, 0.25) is 0 Å². The molecular formula is C8H24Cl2MnO16. The molecule has 2 rings (SSSR count). The van der Waals surface area contributed by atoms with E-state index in [2.05, 4.69) is 0 Å². The Kier molecular flexibility index (Phi) is 48.8. The largest absolute Gasteiger partial charge is 2.00 e. The van der Waals surface area contributed by atoms with Crippen LogP contribution in [0.3, 0.4) is 0 Å². The van der Waals surface area contributed by atoms with Crippen LogP contribution in [-0.4, -0.2) is 74.8 Å². The molecule has 2 saturated heterocycles. The molecular weight excluding hydrogens is 478 g/mol. The van der Waals surface area contributed by atoms with Gasteiger partial charge in [-0.1, -0.05) is 0 Å². The second kappa shape index (κ2) is 28.7. The van der Waals surface area contributed by atoms with Crippen LogP contribution in [0.4, 0.5) is 0 Å². The fourth-order valence-corrected chi connectivity index (χ4v) is 0.880. The molecule has 2 aliphatic heterocycles. The Hall–Kier alpha value is 0.459. The van der Waals surface area contributed by atoms with E-state index in [4.69, 9.17) is 56.2 Å². The van der Waals surface area contributed by atoms with Gasteiger partial charge in [-0.25, -0.2) is 37.3 Å². The summed E-state index contributed by atoms with van der Waals surface area (Å²) in [7, 11) is -9.89. The standard InChI is InChI=1S/2C4H8O2.2ClHO4.Mn.4H2O/c2*1-2-6-4-3-5-1;2*2-1(3,4)5;;;;;/h2*1-4H2;2*(H,2,3,4,5);;4*1H2/q;;;;+2;;;;/p-2. The van der Waals surface area contributed by atoms with Gasteiger partial charge >= 0.3 is 17.1 Å². The molecule has 2 aliphatic rings. The van der Waals surface area contributed by atoms with Gasteiger partial charge in [-0.05, 0) is 0 Å². The average Bonchev–Trinajstić information content (AvgIpc) is 2.40. The Bertz CT molecular complexity index is 172.